The average molecular weight is 311 g/mol. The summed E-state index contributed by atoms with van der Waals surface area (Å²) in [5.74, 6) is 0. The Morgan fingerprint density at radius 2 is 1.86 bits per heavy atom. The van der Waals surface area contributed by atoms with Crippen LogP contribution in [0.5, 0.6) is 0 Å². The first-order chi connectivity index (χ1) is 10.8. The Labute approximate surface area is 134 Å². The van der Waals surface area contributed by atoms with Gasteiger partial charge in [0, 0.05) is 11.6 Å². The number of rotatable bonds is 6. The Kier molecular flexibility index (Phi) is 4.78. The van der Waals surface area contributed by atoms with E-state index in [4.69, 9.17) is 4.84 Å². The Hall–Kier alpha value is -2.24. The van der Waals surface area contributed by atoms with Crippen LogP contribution in [0.15, 0.2) is 60.1 Å². The second kappa shape index (κ2) is 7.15. The number of hydrogen-bond donors (Lipinski definition) is 0. The van der Waals surface area contributed by atoms with Gasteiger partial charge in [-0.2, -0.15) is 0 Å². The molecule has 5 heteroatoms. The molecular formula is C17H17N3OS. The van der Waals surface area contributed by atoms with E-state index in [1.54, 1.807) is 17.5 Å². The standard InChI is InChI=1S/C17H17N3OS/c1-14-19-16(13-22-14)12-21-20(17-8-3-2-4-9-17)11-15-7-5-6-10-18-15/h2-10,13H,11-12H2,1H3. The summed E-state index contributed by atoms with van der Waals surface area (Å²) >= 11 is 1.63. The fraction of sp³-hybridized carbons (Fsp3) is 0.176. The normalized spacial score (nSPS) is 10.6. The van der Waals surface area contributed by atoms with E-state index in [2.05, 4.69) is 9.97 Å². The Morgan fingerprint density at radius 3 is 2.55 bits per heavy atom. The molecule has 112 valence electrons. The third kappa shape index (κ3) is 3.90. The summed E-state index contributed by atoms with van der Waals surface area (Å²) in [7, 11) is 0. The summed E-state index contributed by atoms with van der Waals surface area (Å²) in [5, 5.41) is 4.94. The molecule has 1 aromatic carbocycles. The van der Waals surface area contributed by atoms with Gasteiger partial charge in [-0.1, -0.05) is 24.3 Å². The summed E-state index contributed by atoms with van der Waals surface area (Å²) in [5.41, 5.74) is 2.91. The van der Waals surface area contributed by atoms with Crippen molar-refractivity contribution in [1.82, 2.24) is 9.97 Å². The SMILES string of the molecule is Cc1nc(CON(Cc2ccccn2)c2ccccc2)cs1. The molecular weight excluding hydrogens is 294 g/mol. The Bertz CT molecular complexity index is 700. The van der Waals surface area contributed by atoms with Gasteiger partial charge in [-0.15, -0.1) is 11.3 Å². The number of hydroxylamine groups is 1. The number of aromatic nitrogens is 2. The number of anilines is 1. The largest absolute Gasteiger partial charge is 0.267 e. The van der Waals surface area contributed by atoms with Crippen LogP contribution in [0, 0.1) is 6.92 Å². The van der Waals surface area contributed by atoms with Gasteiger partial charge in [0.2, 0.25) is 0 Å². The van der Waals surface area contributed by atoms with Crippen molar-refractivity contribution in [2.75, 3.05) is 5.06 Å². The summed E-state index contributed by atoms with van der Waals surface area (Å²) in [4.78, 5) is 14.8. The minimum absolute atomic E-state index is 0.450. The van der Waals surface area contributed by atoms with Crippen molar-refractivity contribution < 1.29 is 4.84 Å². The van der Waals surface area contributed by atoms with Gasteiger partial charge >= 0.3 is 0 Å². The quantitative estimate of drug-likeness (QED) is 0.645. The van der Waals surface area contributed by atoms with Crippen LogP contribution in [0.4, 0.5) is 5.69 Å². The molecule has 3 rings (SSSR count). The van der Waals surface area contributed by atoms with Gasteiger partial charge in [-0.3, -0.25) is 9.82 Å². The molecule has 0 aliphatic rings. The lowest BCUT2D eigenvalue weighted by Crippen LogP contribution is -2.23. The van der Waals surface area contributed by atoms with E-state index < -0.39 is 0 Å². The molecule has 0 aliphatic heterocycles. The highest BCUT2D eigenvalue weighted by molar-refractivity contribution is 7.09. The minimum atomic E-state index is 0.450. The van der Waals surface area contributed by atoms with E-state index in [1.165, 1.54) is 0 Å². The van der Waals surface area contributed by atoms with Crippen LogP contribution in [0.25, 0.3) is 0 Å². The van der Waals surface area contributed by atoms with E-state index in [-0.39, 0.29) is 0 Å². The Morgan fingerprint density at radius 1 is 1.05 bits per heavy atom. The van der Waals surface area contributed by atoms with Gasteiger partial charge < -0.3 is 0 Å². The van der Waals surface area contributed by atoms with E-state index >= 15 is 0 Å². The van der Waals surface area contributed by atoms with Gasteiger partial charge in [-0.05, 0) is 31.2 Å². The van der Waals surface area contributed by atoms with Crippen molar-refractivity contribution in [2.24, 2.45) is 0 Å². The molecule has 4 nitrogen and oxygen atoms in total. The summed E-state index contributed by atoms with van der Waals surface area (Å²) in [6, 6.07) is 15.9. The highest BCUT2D eigenvalue weighted by Gasteiger charge is 2.10. The highest BCUT2D eigenvalue weighted by atomic mass is 32.1. The predicted molar refractivity (Wildman–Crippen MR) is 88.5 cm³/mol. The number of benzene rings is 1. The molecule has 0 saturated heterocycles. The summed E-state index contributed by atoms with van der Waals surface area (Å²) in [6.45, 7) is 3.04. The number of thiazole rings is 1. The minimum Gasteiger partial charge on any atom is -0.267 e. The fourth-order valence-corrected chi connectivity index (χ4v) is 2.66. The Balaban J connectivity index is 1.74. The molecule has 0 bridgehead atoms. The maximum Gasteiger partial charge on any atom is 0.118 e. The maximum absolute atomic E-state index is 5.97. The average Bonchev–Trinajstić information content (AvgIpc) is 2.99. The van der Waals surface area contributed by atoms with E-state index in [9.17, 15) is 0 Å². The first-order valence-corrected chi connectivity index (χ1v) is 7.95. The van der Waals surface area contributed by atoms with E-state index in [1.807, 2.05) is 65.9 Å². The molecule has 2 aromatic heterocycles. The third-order valence-corrected chi connectivity index (χ3v) is 3.93. The van der Waals surface area contributed by atoms with Crippen LogP contribution >= 0.6 is 11.3 Å². The zero-order valence-corrected chi connectivity index (χ0v) is 13.2. The monoisotopic (exact) mass is 311 g/mol. The summed E-state index contributed by atoms with van der Waals surface area (Å²) < 4.78 is 0. The van der Waals surface area contributed by atoms with Crippen LogP contribution in [-0.4, -0.2) is 9.97 Å². The zero-order valence-electron chi connectivity index (χ0n) is 12.3. The molecule has 0 radical (unpaired) electrons. The van der Waals surface area contributed by atoms with Crippen LogP contribution in [0.2, 0.25) is 0 Å². The molecule has 0 spiro atoms. The highest BCUT2D eigenvalue weighted by Crippen LogP contribution is 2.18. The van der Waals surface area contributed by atoms with Crippen molar-refractivity contribution in [3.05, 3.63) is 76.5 Å². The van der Waals surface area contributed by atoms with Crippen LogP contribution in [0.3, 0.4) is 0 Å². The molecule has 0 unspecified atom stereocenters. The lowest BCUT2D eigenvalue weighted by atomic mass is 10.3. The molecule has 0 aliphatic carbocycles. The van der Waals surface area contributed by atoms with Crippen molar-refractivity contribution in [3.8, 4) is 0 Å². The molecule has 3 aromatic rings. The molecule has 0 amide bonds. The lowest BCUT2D eigenvalue weighted by Gasteiger charge is -2.23. The first-order valence-electron chi connectivity index (χ1n) is 7.08. The van der Waals surface area contributed by atoms with Crippen molar-refractivity contribution >= 4 is 17.0 Å². The molecule has 2 heterocycles. The van der Waals surface area contributed by atoms with Gasteiger partial charge in [0.25, 0.3) is 0 Å². The second-order valence-electron chi connectivity index (χ2n) is 4.82. The molecule has 22 heavy (non-hydrogen) atoms. The molecule has 0 atom stereocenters. The molecule has 0 saturated carbocycles. The van der Waals surface area contributed by atoms with Gasteiger partial charge in [0.1, 0.15) is 6.61 Å². The number of aryl methyl sites for hydroxylation is 1. The van der Waals surface area contributed by atoms with E-state index in [0.717, 1.165) is 22.1 Å². The first kappa shape index (κ1) is 14.7. The van der Waals surface area contributed by atoms with Crippen LogP contribution in [-0.2, 0) is 18.0 Å². The zero-order chi connectivity index (χ0) is 15.2. The third-order valence-electron chi connectivity index (χ3n) is 3.11. The number of pyridine rings is 1. The van der Waals surface area contributed by atoms with Gasteiger partial charge in [0.15, 0.2) is 0 Å². The van der Waals surface area contributed by atoms with Crippen molar-refractivity contribution in [3.63, 3.8) is 0 Å². The smallest absolute Gasteiger partial charge is 0.118 e. The number of hydrogen-bond acceptors (Lipinski definition) is 5. The number of nitrogens with zero attached hydrogens (tertiary/aromatic N) is 3. The van der Waals surface area contributed by atoms with Gasteiger partial charge in [0.05, 0.1) is 28.6 Å². The molecule has 0 N–H and O–H groups in total. The predicted octanol–water partition coefficient (Wildman–Crippen LogP) is 3.98. The maximum atomic E-state index is 5.97. The number of para-hydroxylation sites is 1. The second-order valence-corrected chi connectivity index (χ2v) is 5.89. The van der Waals surface area contributed by atoms with Crippen LogP contribution < -0.4 is 5.06 Å². The summed E-state index contributed by atoms with van der Waals surface area (Å²) in [6.07, 6.45) is 1.79. The molecule has 0 fully saturated rings. The van der Waals surface area contributed by atoms with Crippen molar-refractivity contribution in [1.29, 1.82) is 0 Å². The van der Waals surface area contributed by atoms with Crippen molar-refractivity contribution in [2.45, 2.75) is 20.1 Å². The topological polar surface area (TPSA) is 38.2 Å². The van der Waals surface area contributed by atoms with E-state index in [0.29, 0.717) is 13.2 Å². The lowest BCUT2D eigenvalue weighted by molar-refractivity contribution is 0.0882. The van der Waals surface area contributed by atoms with Gasteiger partial charge in [-0.25, -0.2) is 10.0 Å². The fourth-order valence-electron chi connectivity index (χ4n) is 2.06. The van der Waals surface area contributed by atoms with Crippen LogP contribution in [0.1, 0.15) is 16.4 Å².